The Morgan fingerprint density at radius 1 is 1.10 bits per heavy atom. The summed E-state index contributed by atoms with van der Waals surface area (Å²) in [5.41, 5.74) is 2.40. The highest BCUT2D eigenvalue weighted by atomic mass is 127. The lowest BCUT2D eigenvalue weighted by molar-refractivity contribution is 0.806. The third-order valence-corrected chi connectivity index (χ3v) is 4.20. The quantitative estimate of drug-likeness (QED) is 0.528. The summed E-state index contributed by atoms with van der Waals surface area (Å²) < 4.78 is 4.50. The highest BCUT2D eigenvalue weighted by Crippen LogP contribution is 2.21. The molecule has 3 rings (SSSR count). The van der Waals surface area contributed by atoms with Crippen LogP contribution in [-0.4, -0.2) is 9.55 Å². The number of hydrogen-bond donors (Lipinski definition) is 0. The Kier molecular flexibility index (Phi) is 4.21. The number of imidazole rings is 1. The molecule has 2 aromatic carbocycles. The van der Waals surface area contributed by atoms with Gasteiger partial charge in [-0.05, 0) is 52.4 Å². The second kappa shape index (κ2) is 6.10. The molecule has 0 atom stereocenters. The van der Waals surface area contributed by atoms with Crippen molar-refractivity contribution < 1.29 is 0 Å². The zero-order valence-electron chi connectivity index (χ0n) is 10.6. The van der Waals surface area contributed by atoms with Crippen molar-refractivity contribution in [3.8, 4) is 11.4 Å². The van der Waals surface area contributed by atoms with Crippen LogP contribution in [0.25, 0.3) is 11.4 Å². The van der Waals surface area contributed by atoms with E-state index < -0.39 is 0 Å². The highest BCUT2D eigenvalue weighted by molar-refractivity contribution is 14.1. The summed E-state index contributed by atoms with van der Waals surface area (Å²) in [6, 6.07) is 16.8. The Morgan fingerprint density at radius 2 is 1.95 bits per heavy atom. The molecule has 0 aliphatic carbocycles. The summed E-state index contributed by atoms with van der Waals surface area (Å²) >= 11 is 5.84. The summed E-state index contributed by atoms with van der Waals surface area (Å²) in [5, 5.41) is 0. The number of nitrogens with zero attached hydrogens (tertiary/aromatic N) is 2. The number of halogens is 2. The Morgan fingerprint density at radius 3 is 2.75 bits per heavy atom. The predicted molar refractivity (Wildman–Crippen MR) is 93.6 cm³/mol. The lowest BCUT2D eigenvalue weighted by atomic mass is 10.2. The molecule has 0 aliphatic heterocycles. The van der Waals surface area contributed by atoms with Gasteiger partial charge in [-0.2, -0.15) is 0 Å². The summed E-state index contributed by atoms with van der Waals surface area (Å²) in [5.74, 6) is 1.00. The molecule has 0 saturated heterocycles. The Bertz CT molecular complexity index is 737. The van der Waals surface area contributed by atoms with Crippen LogP contribution < -0.4 is 0 Å². The Balaban J connectivity index is 1.94. The van der Waals surface area contributed by atoms with Crippen molar-refractivity contribution in [2.75, 3.05) is 0 Å². The first-order valence-corrected chi connectivity index (χ1v) is 8.11. The van der Waals surface area contributed by atoms with Gasteiger partial charge in [0.15, 0.2) is 0 Å². The lowest BCUT2D eigenvalue weighted by Gasteiger charge is -2.09. The van der Waals surface area contributed by atoms with Crippen LogP contribution in [0.3, 0.4) is 0 Å². The summed E-state index contributed by atoms with van der Waals surface area (Å²) in [4.78, 5) is 4.49. The summed E-state index contributed by atoms with van der Waals surface area (Å²) in [7, 11) is 0. The fourth-order valence-corrected chi connectivity index (χ4v) is 3.15. The van der Waals surface area contributed by atoms with Crippen LogP contribution in [0.15, 0.2) is 65.4 Å². The third kappa shape index (κ3) is 3.12. The van der Waals surface area contributed by atoms with Crippen molar-refractivity contribution in [2.45, 2.75) is 6.54 Å². The largest absolute Gasteiger partial charge is 0.327 e. The molecule has 0 fully saturated rings. The standard InChI is InChI=1S/C16H12BrIN2/c17-14-5-1-3-12(9-14)11-20-8-7-19-16(20)13-4-2-6-15(18)10-13/h1-10H,11H2. The van der Waals surface area contributed by atoms with Gasteiger partial charge < -0.3 is 4.57 Å². The molecule has 0 aliphatic rings. The van der Waals surface area contributed by atoms with Crippen LogP contribution in [0.4, 0.5) is 0 Å². The van der Waals surface area contributed by atoms with Crippen molar-refractivity contribution in [2.24, 2.45) is 0 Å². The van der Waals surface area contributed by atoms with Gasteiger partial charge in [-0.3, -0.25) is 0 Å². The molecule has 20 heavy (non-hydrogen) atoms. The van der Waals surface area contributed by atoms with Crippen LogP contribution in [0.5, 0.6) is 0 Å². The van der Waals surface area contributed by atoms with Crippen molar-refractivity contribution >= 4 is 38.5 Å². The van der Waals surface area contributed by atoms with E-state index in [2.05, 4.69) is 90.5 Å². The molecule has 0 radical (unpaired) electrons. The second-order valence-electron chi connectivity index (χ2n) is 4.52. The molecule has 0 amide bonds. The summed E-state index contributed by atoms with van der Waals surface area (Å²) in [6.07, 6.45) is 3.88. The van der Waals surface area contributed by atoms with Gasteiger partial charge in [0.05, 0.1) is 0 Å². The van der Waals surface area contributed by atoms with Crippen LogP contribution in [0, 0.1) is 3.57 Å². The van der Waals surface area contributed by atoms with Gasteiger partial charge in [-0.25, -0.2) is 4.98 Å². The lowest BCUT2D eigenvalue weighted by Crippen LogP contribution is -2.01. The average Bonchev–Trinajstić information content (AvgIpc) is 2.87. The molecule has 100 valence electrons. The van der Waals surface area contributed by atoms with E-state index in [0.29, 0.717) is 0 Å². The van der Waals surface area contributed by atoms with Crippen LogP contribution in [-0.2, 0) is 6.54 Å². The van der Waals surface area contributed by atoms with E-state index in [-0.39, 0.29) is 0 Å². The maximum Gasteiger partial charge on any atom is 0.140 e. The van der Waals surface area contributed by atoms with Crippen LogP contribution in [0.1, 0.15) is 5.56 Å². The van der Waals surface area contributed by atoms with E-state index >= 15 is 0 Å². The summed E-state index contributed by atoms with van der Waals surface area (Å²) in [6.45, 7) is 0.820. The van der Waals surface area contributed by atoms with E-state index in [1.165, 1.54) is 9.13 Å². The van der Waals surface area contributed by atoms with Gasteiger partial charge in [-0.15, -0.1) is 0 Å². The Hall–Kier alpha value is -1.14. The number of benzene rings is 2. The van der Waals surface area contributed by atoms with E-state index in [4.69, 9.17) is 0 Å². The molecule has 4 heteroatoms. The van der Waals surface area contributed by atoms with Gasteiger partial charge in [0.25, 0.3) is 0 Å². The maximum absolute atomic E-state index is 4.49. The van der Waals surface area contributed by atoms with Crippen molar-refractivity contribution in [1.29, 1.82) is 0 Å². The minimum atomic E-state index is 0.820. The molecule has 0 bridgehead atoms. The molecule has 0 unspecified atom stereocenters. The Labute approximate surface area is 140 Å². The predicted octanol–water partition coefficient (Wildman–Crippen LogP) is 4.97. The monoisotopic (exact) mass is 438 g/mol. The number of rotatable bonds is 3. The average molecular weight is 439 g/mol. The second-order valence-corrected chi connectivity index (χ2v) is 6.68. The fourth-order valence-electron chi connectivity index (χ4n) is 2.16. The van der Waals surface area contributed by atoms with Crippen LogP contribution >= 0.6 is 38.5 Å². The minimum absolute atomic E-state index is 0.820. The molecular formula is C16H12BrIN2. The zero-order chi connectivity index (χ0) is 13.9. The highest BCUT2D eigenvalue weighted by Gasteiger charge is 2.07. The normalized spacial score (nSPS) is 10.7. The number of aromatic nitrogens is 2. The van der Waals surface area contributed by atoms with Crippen molar-refractivity contribution in [3.63, 3.8) is 0 Å². The van der Waals surface area contributed by atoms with E-state index in [0.717, 1.165) is 22.4 Å². The van der Waals surface area contributed by atoms with Gasteiger partial charge in [0.1, 0.15) is 5.82 Å². The first kappa shape index (κ1) is 13.8. The first-order chi connectivity index (χ1) is 9.72. The molecule has 2 nitrogen and oxygen atoms in total. The third-order valence-electron chi connectivity index (χ3n) is 3.04. The van der Waals surface area contributed by atoms with Gasteiger partial charge >= 0.3 is 0 Å². The van der Waals surface area contributed by atoms with E-state index in [1.807, 2.05) is 18.5 Å². The van der Waals surface area contributed by atoms with Gasteiger partial charge in [0, 0.05) is 32.5 Å². The molecule has 1 aromatic heterocycles. The number of hydrogen-bond acceptors (Lipinski definition) is 1. The van der Waals surface area contributed by atoms with E-state index in [9.17, 15) is 0 Å². The minimum Gasteiger partial charge on any atom is -0.327 e. The van der Waals surface area contributed by atoms with Crippen LogP contribution in [0.2, 0.25) is 0 Å². The maximum atomic E-state index is 4.49. The fraction of sp³-hybridized carbons (Fsp3) is 0.0625. The topological polar surface area (TPSA) is 17.8 Å². The molecule has 0 saturated carbocycles. The molecule has 0 N–H and O–H groups in total. The van der Waals surface area contributed by atoms with Crippen molar-refractivity contribution in [3.05, 3.63) is 74.5 Å². The molecule has 1 heterocycles. The molecular weight excluding hydrogens is 427 g/mol. The van der Waals surface area contributed by atoms with Gasteiger partial charge in [0.2, 0.25) is 0 Å². The molecule has 3 aromatic rings. The SMILES string of the molecule is Brc1cccc(Cn2ccnc2-c2cccc(I)c2)c1. The van der Waals surface area contributed by atoms with E-state index in [1.54, 1.807) is 0 Å². The van der Waals surface area contributed by atoms with Crippen molar-refractivity contribution in [1.82, 2.24) is 9.55 Å². The first-order valence-electron chi connectivity index (χ1n) is 6.24. The van der Waals surface area contributed by atoms with Gasteiger partial charge in [-0.1, -0.05) is 40.2 Å². The zero-order valence-corrected chi connectivity index (χ0v) is 14.4. The smallest absolute Gasteiger partial charge is 0.140 e. The molecule has 0 spiro atoms.